The smallest absolute Gasteiger partial charge is 0.387 e. The lowest BCUT2D eigenvalue weighted by Crippen LogP contribution is -2.29. The van der Waals surface area contributed by atoms with Gasteiger partial charge in [0.1, 0.15) is 12.1 Å². The van der Waals surface area contributed by atoms with Gasteiger partial charge in [-0.3, -0.25) is 4.79 Å². The van der Waals surface area contributed by atoms with Crippen molar-refractivity contribution in [2.24, 2.45) is 0 Å². The van der Waals surface area contributed by atoms with Crippen LogP contribution in [0, 0.1) is 5.41 Å². The number of ether oxygens (including phenoxy) is 1. The van der Waals surface area contributed by atoms with E-state index in [9.17, 15) is 13.6 Å². The second kappa shape index (κ2) is 13.3. The standard InChI is InChI=1S/C27H32F2N8O2/c1-6-26(38)35-21-12-22(24(39-27(28)29)14-23(21)37(5)10-9-36(3)4)34-25-13-20(32-16-33-25)17-7-8-18(15-30)19(11-17)31-2/h6-8,11-16,27,30-31H,1,9-10H2,2-5H3,(H,35,38)(H,32,33,34). The summed E-state index contributed by atoms with van der Waals surface area (Å²) in [5.41, 5.74) is 3.82. The summed E-state index contributed by atoms with van der Waals surface area (Å²) in [6, 6.07) is 10.1. The normalized spacial score (nSPS) is 10.8. The summed E-state index contributed by atoms with van der Waals surface area (Å²) in [7, 11) is 7.39. The maximum Gasteiger partial charge on any atom is 0.387 e. The summed E-state index contributed by atoms with van der Waals surface area (Å²) < 4.78 is 31.7. The molecule has 4 N–H and O–H groups in total. The Labute approximate surface area is 226 Å². The highest BCUT2D eigenvalue weighted by molar-refractivity contribution is 6.02. The molecule has 0 aliphatic carbocycles. The van der Waals surface area contributed by atoms with Crippen LogP contribution >= 0.6 is 0 Å². The molecule has 12 heteroatoms. The monoisotopic (exact) mass is 538 g/mol. The van der Waals surface area contributed by atoms with Crippen LogP contribution in [0.4, 0.5) is 37.3 Å². The van der Waals surface area contributed by atoms with E-state index in [2.05, 4.69) is 32.5 Å². The molecular weight excluding hydrogens is 506 g/mol. The molecule has 0 aliphatic heterocycles. The van der Waals surface area contributed by atoms with E-state index in [0.29, 0.717) is 41.5 Å². The van der Waals surface area contributed by atoms with E-state index in [1.807, 2.05) is 36.0 Å². The number of nitrogens with one attached hydrogen (secondary N) is 4. The second-order valence-electron chi connectivity index (χ2n) is 8.77. The molecule has 206 valence electrons. The third-order valence-corrected chi connectivity index (χ3v) is 5.75. The van der Waals surface area contributed by atoms with Gasteiger partial charge in [0.15, 0.2) is 5.75 Å². The van der Waals surface area contributed by atoms with E-state index in [1.54, 1.807) is 26.2 Å². The molecule has 0 atom stereocenters. The largest absolute Gasteiger partial charge is 0.433 e. The highest BCUT2D eigenvalue weighted by Gasteiger charge is 2.19. The van der Waals surface area contributed by atoms with E-state index in [4.69, 9.17) is 10.1 Å². The lowest BCUT2D eigenvalue weighted by molar-refractivity contribution is -0.111. The molecule has 0 radical (unpaired) electrons. The highest BCUT2D eigenvalue weighted by atomic mass is 19.3. The van der Waals surface area contributed by atoms with Gasteiger partial charge in [0.05, 0.1) is 22.8 Å². The van der Waals surface area contributed by atoms with E-state index >= 15 is 0 Å². The number of nitrogens with zero attached hydrogens (tertiary/aromatic N) is 4. The van der Waals surface area contributed by atoms with E-state index in [1.165, 1.54) is 24.7 Å². The van der Waals surface area contributed by atoms with Crippen LogP contribution < -0.4 is 25.6 Å². The number of amides is 1. The van der Waals surface area contributed by atoms with Gasteiger partial charge in [0.2, 0.25) is 5.91 Å². The SMILES string of the molecule is C=CC(=O)Nc1cc(Nc2cc(-c3ccc(C=N)c(NC)c3)ncn2)c(OC(F)F)cc1N(C)CCN(C)C. The van der Waals surface area contributed by atoms with Crippen molar-refractivity contribution in [3.63, 3.8) is 0 Å². The van der Waals surface area contributed by atoms with Gasteiger partial charge < -0.3 is 35.9 Å². The molecule has 2 aromatic carbocycles. The third kappa shape index (κ3) is 7.71. The zero-order valence-corrected chi connectivity index (χ0v) is 22.3. The summed E-state index contributed by atoms with van der Waals surface area (Å²) in [5, 5.41) is 16.4. The first-order valence-electron chi connectivity index (χ1n) is 12.0. The van der Waals surface area contributed by atoms with Crippen molar-refractivity contribution in [2.75, 3.05) is 62.1 Å². The average Bonchev–Trinajstić information content (AvgIpc) is 2.92. The fourth-order valence-corrected chi connectivity index (χ4v) is 3.71. The first-order valence-corrected chi connectivity index (χ1v) is 12.0. The third-order valence-electron chi connectivity index (χ3n) is 5.75. The van der Waals surface area contributed by atoms with Crippen LogP contribution in [0.25, 0.3) is 11.3 Å². The Morgan fingerprint density at radius 3 is 2.51 bits per heavy atom. The van der Waals surface area contributed by atoms with Crippen LogP contribution in [0.2, 0.25) is 0 Å². The van der Waals surface area contributed by atoms with Crippen LogP contribution in [-0.2, 0) is 4.79 Å². The van der Waals surface area contributed by atoms with Gasteiger partial charge in [-0.25, -0.2) is 9.97 Å². The van der Waals surface area contributed by atoms with Crippen molar-refractivity contribution in [2.45, 2.75) is 6.61 Å². The molecule has 0 saturated heterocycles. The van der Waals surface area contributed by atoms with Gasteiger partial charge in [-0.1, -0.05) is 18.7 Å². The summed E-state index contributed by atoms with van der Waals surface area (Å²) in [5.74, 6) is -0.263. The summed E-state index contributed by atoms with van der Waals surface area (Å²) in [6.07, 6.45) is 3.72. The Balaban J connectivity index is 2.04. The minimum Gasteiger partial charge on any atom is -0.433 e. The lowest BCUT2D eigenvalue weighted by Gasteiger charge is -2.26. The molecule has 3 aromatic rings. The number of alkyl halides is 2. The number of hydrogen-bond acceptors (Lipinski definition) is 9. The Bertz CT molecular complexity index is 1330. The maximum absolute atomic E-state index is 13.4. The van der Waals surface area contributed by atoms with Crippen molar-refractivity contribution < 1.29 is 18.3 Å². The fourth-order valence-electron chi connectivity index (χ4n) is 3.71. The number of anilines is 5. The molecule has 1 heterocycles. The minimum absolute atomic E-state index is 0.124. The predicted octanol–water partition coefficient (Wildman–Crippen LogP) is 4.65. The molecule has 0 bridgehead atoms. The Morgan fingerprint density at radius 2 is 1.87 bits per heavy atom. The van der Waals surface area contributed by atoms with Crippen LogP contribution in [0.3, 0.4) is 0 Å². The first-order chi connectivity index (χ1) is 18.6. The van der Waals surface area contributed by atoms with E-state index < -0.39 is 12.5 Å². The van der Waals surface area contributed by atoms with E-state index in [-0.39, 0.29) is 11.4 Å². The van der Waals surface area contributed by atoms with Gasteiger partial charge in [-0.2, -0.15) is 8.78 Å². The predicted molar refractivity (Wildman–Crippen MR) is 152 cm³/mol. The molecule has 0 aliphatic rings. The van der Waals surface area contributed by atoms with Gasteiger partial charge in [-0.05, 0) is 32.3 Å². The fraction of sp³-hybridized carbons (Fsp3) is 0.259. The Kier molecular flexibility index (Phi) is 9.87. The summed E-state index contributed by atoms with van der Waals surface area (Å²) in [4.78, 5) is 24.6. The number of rotatable bonds is 13. The number of hydrogen-bond donors (Lipinski definition) is 4. The number of carbonyl (C=O) groups excluding carboxylic acids is 1. The number of aromatic nitrogens is 2. The van der Waals surface area contributed by atoms with Crippen molar-refractivity contribution in [1.29, 1.82) is 5.41 Å². The van der Waals surface area contributed by atoms with Crippen LogP contribution in [-0.4, -0.2) is 74.9 Å². The number of benzene rings is 2. The van der Waals surface area contributed by atoms with Crippen LogP contribution in [0.15, 0.2) is 55.4 Å². The molecule has 0 spiro atoms. The minimum atomic E-state index is -3.08. The topological polar surface area (TPSA) is 118 Å². The van der Waals surface area contributed by atoms with Crippen LogP contribution in [0.5, 0.6) is 5.75 Å². The molecular formula is C27H32F2N8O2. The van der Waals surface area contributed by atoms with Crippen molar-refractivity contribution in [3.8, 4) is 17.0 Å². The summed E-state index contributed by atoms with van der Waals surface area (Å²) in [6.45, 7) is 1.67. The van der Waals surface area contributed by atoms with Gasteiger partial charge in [0, 0.05) is 62.3 Å². The number of likely N-dealkylation sites (N-methyl/N-ethyl adjacent to an activating group) is 2. The molecule has 3 rings (SSSR count). The number of carbonyl (C=O) groups is 1. The van der Waals surface area contributed by atoms with E-state index in [0.717, 1.165) is 17.3 Å². The lowest BCUT2D eigenvalue weighted by atomic mass is 10.1. The van der Waals surface area contributed by atoms with Gasteiger partial charge in [-0.15, -0.1) is 0 Å². The first kappa shape index (κ1) is 29.0. The molecule has 1 amide bonds. The summed E-state index contributed by atoms with van der Waals surface area (Å²) >= 11 is 0. The molecule has 0 unspecified atom stereocenters. The maximum atomic E-state index is 13.4. The van der Waals surface area contributed by atoms with Gasteiger partial charge in [0.25, 0.3) is 0 Å². The zero-order chi connectivity index (χ0) is 28.5. The van der Waals surface area contributed by atoms with Crippen molar-refractivity contribution in [3.05, 3.63) is 60.9 Å². The Hall–Kier alpha value is -4.58. The quantitative estimate of drug-likeness (QED) is 0.184. The molecule has 10 nitrogen and oxygen atoms in total. The number of halogens is 2. The molecule has 0 saturated carbocycles. The molecule has 1 aromatic heterocycles. The van der Waals surface area contributed by atoms with Crippen molar-refractivity contribution in [1.82, 2.24) is 14.9 Å². The molecule has 0 fully saturated rings. The second-order valence-corrected chi connectivity index (χ2v) is 8.77. The van der Waals surface area contributed by atoms with Gasteiger partial charge >= 0.3 is 6.61 Å². The molecule has 39 heavy (non-hydrogen) atoms. The average molecular weight is 539 g/mol. The van der Waals surface area contributed by atoms with Crippen molar-refractivity contribution >= 4 is 40.7 Å². The zero-order valence-electron chi connectivity index (χ0n) is 22.3. The van der Waals surface area contributed by atoms with Crippen LogP contribution in [0.1, 0.15) is 5.56 Å². The highest BCUT2D eigenvalue weighted by Crippen LogP contribution is 2.39. The Morgan fingerprint density at radius 1 is 1.10 bits per heavy atom.